The predicted octanol–water partition coefficient (Wildman–Crippen LogP) is 3.10. The van der Waals surface area contributed by atoms with Crippen LogP contribution in [0.25, 0.3) is 0 Å². The molecule has 1 aliphatic rings. The molecule has 2 aromatic carbocycles. The molecule has 86 valence electrons. The maximum atomic E-state index is 5.75. The number of benzene rings is 2. The SMILES string of the molecule is c1ccc(C[C@@H]2COc3ccccc3N2)cc1. The van der Waals surface area contributed by atoms with Crippen molar-refractivity contribution in [2.24, 2.45) is 0 Å². The molecule has 0 amide bonds. The van der Waals surface area contributed by atoms with Crippen molar-refractivity contribution < 1.29 is 4.74 Å². The van der Waals surface area contributed by atoms with Crippen LogP contribution in [0.4, 0.5) is 5.69 Å². The molecule has 1 aliphatic heterocycles. The van der Waals surface area contributed by atoms with Crippen molar-refractivity contribution in [1.29, 1.82) is 0 Å². The number of fused-ring (bicyclic) bond motifs is 1. The molecule has 0 spiro atoms. The largest absolute Gasteiger partial charge is 0.489 e. The highest BCUT2D eigenvalue weighted by atomic mass is 16.5. The summed E-state index contributed by atoms with van der Waals surface area (Å²) in [4.78, 5) is 0. The normalized spacial score (nSPS) is 17.8. The second-order valence-electron chi connectivity index (χ2n) is 4.34. The number of para-hydroxylation sites is 2. The molecule has 0 unspecified atom stereocenters. The van der Waals surface area contributed by atoms with Gasteiger partial charge in [0.05, 0.1) is 11.7 Å². The Morgan fingerprint density at radius 2 is 1.76 bits per heavy atom. The summed E-state index contributed by atoms with van der Waals surface area (Å²) < 4.78 is 5.75. The fourth-order valence-electron chi connectivity index (χ4n) is 2.17. The van der Waals surface area contributed by atoms with Gasteiger partial charge in [0.2, 0.25) is 0 Å². The average Bonchev–Trinajstić information content (AvgIpc) is 2.40. The highest BCUT2D eigenvalue weighted by Gasteiger charge is 2.18. The lowest BCUT2D eigenvalue weighted by molar-refractivity contribution is 0.283. The van der Waals surface area contributed by atoms with Crippen molar-refractivity contribution in [1.82, 2.24) is 0 Å². The van der Waals surface area contributed by atoms with Crippen molar-refractivity contribution >= 4 is 5.69 Å². The smallest absolute Gasteiger partial charge is 0.142 e. The lowest BCUT2D eigenvalue weighted by atomic mass is 10.1. The minimum absolute atomic E-state index is 0.354. The summed E-state index contributed by atoms with van der Waals surface area (Å²) in [7, 11) is 0. The van der Waals surface area contributed by atoms with Crippen LogP contribution in [-0.4, -0.2) is 12.6 Å². The third-order valence-electron chi connectivity index (χ3n) is 3.01. The number of anilines is 1. The molecular formula is C15H15NO. The quantitative estimate of drug-likeness (QED) is 0.848. The third-order valence-corrected chi connectivity index (χ3v) is 3.01. The van der Waals surface area contributed by atoms with Crippen molar-refractivity contribution in [2.45, 2.75) is 12.5 Å². The lowest BCUT2D eigenvalue weighted by Gasteiger charge is -2.27. The van der Waals surface area contributed by atoms with Gasteiger partial charge < -0.3 is 10.1 Å². The first kappa shape index (κ1) is 10.2. The summed E-state index contributed by atoms with van der Waals surface area (Å²) in [6, 6.07) is 19.0. The van der Waals surface area contributed by atoms with E-state index in [1.807, 2.05) is 24.3 Å². The Morgan fingerprint density at radius 1 is 1.00 bits per heavy atom. The Morgan fingerprint density at radius 3 is 2.65 bits per heavy atom. The molecule has 17 heavy (non-hydrogen) atoms. The maximum absolute atomic E-state index is 5.75. The zero-order chi connectivity index (χ0) is 11.5. The zero-order valence-electron chi connectivity index (χ0n) is 9.60. The van der Waals surface area contributed by atoms with E-state index < -0.39 is 0 Å². The summed E-state index contributed by atoms with van der Waals surface area (Å²) in [5.41, 5.74) is 2.44. The molecule has 0 saturated carbocycles. The number of rotatable bonds is 2. The Hall–Kier alpha value is -1.96. The van der Waals surface area contributed by atoms with E-state index in [2.05, 4.69) is 35.6 Å². The van der Waals surface area contributed by atoms with Crippen LogP contribution < -0.4 is 10.1 Å². The fraction of sp³-hybridized carbons (Fsp3) is 0.200. The van der Waals surface area contributed by atoms with Gasteiger partial charge in [0.25, 0.3) is 0 Å². The summed E-state index contributed by atoms with van der Waals surface area (Å²) in [5, 5.41) is 3.52. The van der Waals surface area contributed by atoms with Crippen LogP contribution in [0.15, 0.2) is 54.6 Å². The molecule has 3 rings (SSSR count). The second-order valence-corrected chi connectivity index (χ2v) is 4.34. The molecule has 0 fully saturated rings. The molecular weight excluding hydrogens is 210 g/mol. The first-order valence-corrected chi connectivity index (χ1v) is 5.94. The number of hydrogen-bond donors (Lipinski definition) is 1. The maximum Gasteiger partial charge on any atom is 0.142 e. The monoisotopic (exact) mass is 225 g/mol. The predicted molar refractivity (Wildman–Crippen MR) is 69.5 cm³/mol. The van der Waals surface area contributed by atoms with Gasteiger partial charge in [0, 0.05) is 0 Å². The van der Waals surface area contributed by atoms with Gasteiger partial charge in [-0.3, -0.25) is 0 Å². The van der Waals surface area contributed by atoms with E-state index in [1.165, 1.54) is 5.56 Å². The molecule has 0 aliphatic carbocycles. The van der Waals surface area contributed by atoms with Crippen molar-refractivity contribution in [3.63, 3.8) is 0 Å². The third kappa shape index (κ3) is 2.26. The van der Waals surface area contributed by atoms with Crippen molar-refractivity contribution in [2.75, 3.05) is 11.9 Å². The minimum Gasteiger partial charge on any atom is -0.489 e. The van der Waals surface area contributed by atoms with Crippen LogP contribution in [0.5, 0.6) is 5.75 Å². The van der Waals surface area contributed by atoms with Gasteiger partial charge >= 0.3 is 0 Å². The van der Waals surface area contributed by atoms with Crippen LogP contribution in [-0.2, 0) is 6.42 Å². The first-order chi connectivity index (χ1) is 8.42. The van der Waals surface area contributed by atoms with Crippen LogP contribution >= 0.6 is 0 Å². The Bertz CT molecular complexity index is 495. The summed E-state index contributed by atoms with van der Waals surface area (Å²) in [6.45, 7) is 0.728. The number of hydrogen-bond acceptors (Lipinski definition) is 2. The number of nitrogens with one attached hydrogen (secondary N) is 1. The molecule has 0 radical (unpaired) electrons. The van der Waals surface area contributed by atoms with Crippen LogP contribution in [0.1, 0.15) is 5.56 Å². The van der Waals surface area contributed by atoms with Crippen molar-refractivity contribution in [3.8, 4) is 5.75 Å². The van der Waals surface area contributed by atoms with E-state index in [0.717, 1.165) is 24.5 Å². The van der Waals surface area contributed by atoms with Gasteiger partial charge in [-0.1, -0.05) is 42.5 Å². The van der Waals surface area contributed by atoms with E-state index in [-0.39, 0.29) is 0 Å². The van der Waals surface area contributed by atoms with Gasteiger partial charge in [-0.2, -0.15) is 0 Å². The van der Waals surface area contributed by atoms with Gasteiger partial charge in [0.1, 0.15) is 12.4 Å². The molecule has 0 aromatic heterocycles. The molecule has 0 saturated heterocycles. The van der Waals surface area contributed by atoms with Crippen LogP contribution in [0, 0.1) is 0 Å². The van der Waals surface area contributed by atoms with Gasteiger partial charge in [-0.25, -0.2) is 0 Å². The Kier molecular flexibility index (Phi) is 2.70. The fourth-order valence-corrected chi connectivity index (χ4v) is 2.17. The van der Waals surface area contributed by atoms with Crippen molar-refractivity contribution in [3.05, 3.63) is 60.2 Å². The van der Waals surface area contributed by atoms with E-state index in [0.29, 0.717) is 6.04 Å². The lowest BCUT2D eigenvalue weighted by Crippen LogP contribution is -2.33. The summed E-state index contributed by atoms with van der Waals surface area (Å²) in [6.07, 6.45) is 0.995. The van der Waals surface area contributed by atoms with Crippen LogP contribution in [0.3, 0.4) is 0 Å². The molecule has 2 heteroatoms. The van der Waals surface area contributed by atoms with Crippen LogP contribution in [0.2, 0.25) is 0 Å². The van der Waals surface area contributed by atoms with Gasteiger partial charge in [-0.15, -0.1) is 0 Å². The molecule has 2 nitrogen and oxygen atoms in total. The average molecular weight is 225 g/mol. The highest BCUT2D eigenvalue weighted by Crippen LogP contribution is 2.28. The number of ether oxygens (including phenoxy) is 1. The standard InChI is InChI=1S/C15H15NO/c1-2-6-12(7-3-1)10-13-11-17-15-9-5-4-8-14(15)16-13/h1-9,13,16H,10-11H2/t13-/m1/s1. The Balaban J connectivity index is 1.72. The molecule has 2 aromatic rings. The molecule has 1 atom stereocenters. The molecule has 0 bridgehead atoms. The van der Waals surface area contributed by atoms with Gasteiger partial charge in [0.15, 0.2) is 0 Å². The topological polar surface area (TPSA) is 21.3 Å². The van der Waals surface area contributed by atoms with E-state index in [9.17, 15) is 0 Å². The minimum atomic E-state index is 0.354. The first-order valence-electron chi connectivity index (χ1n) is 5.94. The van der Waals surface area contributed by atoms with E-state index in [1.54, 1.807) is 0 Å². The Labute approximate surface area is 101 Å². The second kappa shape index (κ2) is 4.50. The molecule has 1 heterocycles. The van der Waals surface area contributed by atoms with E-state index >= 15 is 0 Å². The summed E-state index contributed by atoms with van der Waals surface area (Å²) >= 11 is 0. The van der Waals surface area contributed by atoms with E-state index in [4.69, 9.17) is 4.74 Å². The summed E-state index contributed by atoms with van der Waals surface area (Å²) in [5.74, 6) is 0.955. The van der Waals surface area contributed by atoms with Gasteiger partial charge in [-0.05, 0) is 24.1 Å². The zero-order valence-corrected chi connectivity index (χ0v) is 9.60. The highest BCUT2D eigenvalue weighted by molar-refractivity contribution is 5.58. The molecule has 1 N–H and O–H groups in total.